The Morgan fingerprint density at radius 2 is 2.00 bits per heavy atom. The Morgan fingerprint density at radius 1 is 1.22 bits per heavy atom. The maximum Gasteiger partial charge on any atom is 0.338 e. The monoisotopic (exact) mass is 319 g/mol. The van der Waals surface area contributed by atoms with E-state index in [1.807, 2.05) is 6.92 Å². The van der Waals surface area contributed by atoms with Crippen molar-refractivity contribution in [1.82, 2.24) is 4.90 Å². The number of hydrogen-bond donors (Lipinski definition) is 0. The summed E-state index contributed by atoms with van der Waals surface area (Å²) in [6.45, 7) is 3.50. The molecule has 0 spiro atoms. The highest BCUT2D eigenvalue weighted by Crippen LogP contribution is 2.30. The van der Waals surface area contributed by atoms with Gasteiger partial charge in [-0.1, -0.05) is 0 Å². The summed E-state index contributed by atoms with van der Waals surface area (Å²) in [6.07, 6.45) is 3.15. The molecule has 1 fully saturated rings. The lowest BCUT2D eigenvalue weighted by atomic mass is 10.0. The summed E-state index contributed by atoms with van der Waals surface area (Å²) in [7, 11) is 0. The standard InChI is InChI=1S/C17H21NO5/c1-12-4-2-3-7-18(12)16(19)11-23-17(20)13-5-6-14-15(10-13)22-9-8-21-14/h5-6,10,12H,2-4,7-9,11H2,1H3. The van der Waals surface area contributed by atoms with E-state index in [0.29, 0.717) is 30.3 Å². The molecular weight excluding hydrogens is 298 g/mol. The Kier molecular flexibility index (Phi) is 4.69. The van der Waals surface area contributed by atoms with Crippen molar-refractivity contribution < 1.29 is 23.8 Å². The molecule has 2 aliphatic rings. The predicted molar refractivity (Wildman–Crippen MR) is 82.7 cm³/mol. The lowest BCUT2D eigenvalue weighted by molar-refractivity contribution is -0.137. The summed E-state index contributed by atoms with van der Waals surface area (Å²) < 4.78 is 16.0. The number of carbonyl (C=O) groups excluding carboxylic acids is 2. The molecule has 1 aromatic rings. The van der Waals surface area contributed by atoms with E-state index in [-0.39, 0.29) is 18.6 Å². The Bertz CT molecular complexity index is 601. The number of benzene rings is 1. The van der Waals surface area contributed by atoms with Crippen LogP contribution in [0.2, 0.25) is 0 Å². The van der Waals surface area contributed by atoms with Gasteiger partial charge in [0.05, 0.1) is 5.56 Å². The molecule has 1 aromatic carbocycles. The fraction of sp³-hybridized carbons (Fsp3) is 0.529. The number of fused-ring (bicyclic) bond motifs is 1. The highest BCUT2D eigenvalue weighted by molar-refractivity contribution is 5.92. The smallest absolute Gasteiger partial charge is 0.338 e. The minimum Gasteiger partial charge on any atom is -0.486 e. The van der Waals surface area contributed by atoms with E-state index in [0.717, 1.165) is 25.8 Å². The maximum absolute atomic E-state index is 12.2. The summed E-state index contributed by atoms with van der Waals surface area (Å²) in [5.74, 6) is 0.482. The second kappa shape index (κ2) is 6.89. The zero-order valence-corrected chi connectivity index (χ0v) is 13.2. The third-order valence-electron chi connectivity index (χ3n) is 4.23. The lowest BCUT2D eigenvalue weighted by Gasteiger charge is -2.33. The molecule has 6 nitrogen and oxygen atoms in total. The van der Waals surface area contributed by atoms with E-state index in [1.54, 1.807) is 23.1 Å². The van der Waals surface area contributed by atoms with E-state index in [1.165, 1.54) is 0 Å². The van der Waals surface area contributed by atoms with Crippen LogP contribution in [0.1, 0.15) is 36.5 Å². The third-order valence-corrected chi connectivity index (χ3v) is 4.23. The molecule has 6 heteroatoms. The number of esters is 1. The van der Waals surface area contributed by atoms with E-state index < -0.39 is 5.97 Å². The van der Waals surface area contributed by atoms with Crippen LogP contribution in [0.4, 0.5) is 0 Å². The molecule has 1 atom stereocenters. The van der Waals surface area contributed by atoms with Crippen molar-refractivity contribution in [3.05, 3.63) is 23.8 Å². The van der Waals surface area contributed by atoms with Crippen LogP contribution in [0, 0.1) is 0 Å². The van der Waals surface area contributed by atoms with E-state index in [9.17, 15) is 9.59 Å². The van der Waals surface area contributed by atoms with Gasteiger partial charge in [-0.2, -0.15) is 0 Å². The predicted octanol–water partition coefficient (Wildman–Crippen LogP) is 2.02. The van der Waals surface area contributed by atoms with Gasteiger partial charge in [-0.3, -0.25) is 4.79 Å². The lowest BCUT2D eigenvalue weighted by Crippen LogP contribution is -2.44. The number of nitrogens with zero attached hydrogens (tertiary/aromatic N) is 1. The number of ether oxygens (including phenoxy) is 3. The van der Waals surface area contributed by atoms with Crippen molar-refractivity contribution in [3.63, 3.8) is 0 Å². The average molecular weight is 319 g/mol. The van der Waals surface area contributed by atoms with Gasteiger partial charge in [0.15, 0.2) is 18.1 Å². The van der Waals surface area contributed by atoms with Gasteiger partial charge < -0.3 is 19.1 Å². The Morgan fingerprint density at radius 3 is 2.78 bits per heavy atom. The van der Waals surface area contributed by atoms with Gasteiger partial charge in [-0.15, -0.1) is 0 Å². The van der Waals surface area contributed by atoms with Gasteiger partial charge in [-0.25, -0.2) is 4.79 Å². The summed E-state index contributed by atoms with van der Waals surface area (Å²) in [5.41, 5.74) is 0.355. The SMILES string of the molecule is CC1CCCCN1C(=O)COC(=O)c1ccc2c(c1)OCCO2. The van der Waals surface area contributed by atoms with E-state index in [4.69, 9.17) is 14.2 Å². The zero-order valence-electron chi connectivity index (χ0n) is 13.2. The van der Waals surface area contributed by atoms with Crippen LogP contribution in [-0.2, 0) is 9.53 Å². The van der Waals surface area contributed by atoms with Crippen molar-refractivity contribution in [2.24, 2.45) is 0 Å². The molecule has 1 unspecified atom stereocenters. The van der Waals surface area contributed by atoms with Gasteiger partial charge in [0.1, 0.15) is 13.2 Å². The fourth-order valence-corrected chi connectivity index (χ4v) is 2.93. The number of carbonyl (C=O) groups is 2. The van der Waals surface area contributed by atoms with Crippen LogP contribution in [0.5, 0.6) is 11.5 Å². The number of piperidine rings is 1. The Hall–Kier alpha value is -2.24. The summed E-state index contributed by atoms with van der Waals surface area (Å²) in [6, 6.07) is 5.10. The second-order valence-electron chi connectivity index (χ2n) is 5.87. The summed E-state index contributed by atoms with van der Waals surface area (Å²) in [5, 5.41) is 0. The molecule has 1 saturated heterocycles. The number of amides is 1. The van der Waals surface area contributed by atoms with Gasteiger partial charge in [0.2, 0.25) is 0 Å². The third kappa shape index (κ3) is 3.57. The number of likely N-dealkylation sites (tertiary alicyclic amines) is 1. The maximum atomic E-state index is 12.2. The summed E-state index contributed by atoms with van der Waals surface area (Å²) >= 11 is 0. The molecule has 0 N–H and O–H groups in total. The minimum absolute atomic E-state index is 0.136. The van der Waals surface area contributed by atoms with Crippen LogP contribution >= 0.6 is 0 Å². The highest BCUT2D eigenvalue weighted by Gasteiger charge is 2.24. The molecule has 0 aromatic heterocycles. The van der Waals surface area contributed by atoms with Crippen LogP contribution in [0.3, 0.4) is 0 Å². The highest BCUT2D eigenvalue weighted by atomic mass is 16.6. The first-order valence-corrected chi connectivity index (χ1v) is 8.01. The van der Waals surface area contributed by atoms with Crippen LogP contribution in [-0.4, -0.2) is 49.2 Å². The van der Waals surface area contributed by atoms with Gasteiger partial charge in [-0.05, 0) is 44.4 Å². The van der Waals surface area contributed by atoms with Gasteiger partial charge in [0.25, 0.3) is 5.91 Å². The fourth-order valence-electron chi connectivity index (χ4n) is 2.93. The Balaban J connectivity index is 1.57. The summed E-state index contributed by atoms with van der Waals surface area (Å²) in [4.78, 5) is 26.1. The van der Waals surface area contributed by atoms with Crippen LogP contribution in [0.25, 0.3) is 0 Å². The van der Waals surface area contributed by atoms with E-state index in [2.05, 4.69) is 0 Å². The number of rotatable bonds is 3. The molecule has 0 radical (unpaired) electrons. The van der Waals surface area contributed by atoms with Crippen molar-refractivity contribution >= 4 is 11.9 Å². The van der Waals surface area contributed by atoms with E-state index >= 15 is 0 Å². The molecule has 0 saturated carbocycles. The molecule has 0 aliphatic carbocycles. The molecule has 3 rings (SSSR count). The molecule has 2 aliphatic heterocycles. The van der Waals surface area contributed by atoms with Crippen molar-refractivity contribution in [2.45, 2.75) is 32.2 Å². The molecule has 0 bridgehead atoms. The van der Waals surface area contributed by atoms with Crippen molar-refractivity contribution in [2.75, 3.05) is 26.4 Å². The molecule has 124 valence electrons. The quantitative estimate of drug-likeness (QED) is 0.798. The zero-order chi connectivity index (χ0) is 16.2. The first-order valence-electron chi connectivity index (χ1n) is 8.01. The molecule has 2 heterocycles. The normalized spacial score (nSPS) is 20.0. The average Bonchev–Trinajstić information content (AvgIpc) is 2.59. The molecular formula is C17H21NO5. The van der Waals surface area contributed by atoms with Gasteiger partial charge >= 0.3 is 5.97 Å². The van der Waals surface area contributed by atoms with Crippen LogP contribution in [0.15, 0.2) is 18.2 Å². The van der Waals surface area contributed by atoms with Gasteiger partial charge in [0, 0.05) is 12.6 Å². The van der Waals surface area contributed by atoms with Crippen molar-refractivity contribution in [1.29, 1.82) is 0 Å². The largest absolute Gasteiger partial charge is 0.486 e. The first kappa shape index (κ1) is 15.6. The topological polar surface area (TPSA) is 65.1 Å². The first-order chi connectivity index (χ1) is 11.1. The Labute approximate surface area is 135 Å². The van der Waals surface area contributed by atoms with Crippen LogP contribution < -0.4 is 9.47 Å². The minimum atomic E-state index is -0.528. The number of hydrogen-bond acceptors (Lipinski definition) is 5. The van der Waals surface area contributed by atoms with Crippen molar-refractivity contribution in [3.8, 4) is 11.5 Å². The molecule has 1 amide bonds. The molecule has 23 heavy (non-hydrogen) atoms. The second-order valence-corrected chi connectivity index (χ2v) is 5.87.